The number of thiophene rings is 1. The molecule has 30 heavy (non-hydrogen) atoms. The number of hydrogen-bond acceptors (Lipinski definition) is 4. The van der Waals surface area contributed by atoms with Gasteiger partial charge in [-0.3, -0.25) is 9.59 Å². The van der Waals surface area contributed by atoms with Gasteiger partial charge in [-0.1, -0.05) is 30.3 Å². The Balaban J connectivity index is 1.90. The Hall–Kier alpha value is -3.32. The minimum Gasteiger partial charge on any atom is -0.507 e. The van der Waals surface area contributed by atoms with Crippen molar-refractivity contribution in [2.45, 2.75) is 19.5 Å². The van der Waals surface area contributed by atoms with E-state index < -0.39 is 35.1 Å². The van der Waals surface area contributed by atoms with Gasteiger partial charge in [0, 0.05) is 10.4 Å². The fourth-order valence-corrected chi connectivity index (χ4v) is 4.33. The summed E-state index contributed by atoms with van der Waals surface area (Å²) < 4.78 is 27.1. The van der Waals surface area contributed by atoms with E-state index in [0.717, 1.165) is 22.6 Å². The fourth-order valence-electron chi connectivity index (χ4n) is 3.63. The number of amides is 1. The molecular formula is C23H17F2NO3S. The fraction of sp³-hybridized carbons (Fsp3) is 0.130. The van der Waals surface area contributed by atoms with E-state index in [-0.39, 0.29) is 17.7 Å². The number of ketones is 1. The SMILES string of the molecule is Cc1ccccc1C1/C(=C(\O)c2ccc(F)c(F)c2)C(=O)C(=O)N1Cc1cccs1. The lowest BCUT2D eigenvalue weighted by atomic mass is 9.92. The van der Waals surface area contributed by atoms with Gasteiger partial charge in [0.2, 0.25) is 0 Å². The summed E-state index contributed by atoms with van der Waals surface area (Å²) in [6, 6.07) is 13.0. The molecule has 2 aromatic carbocycles. The van der Waals surface area contributed by atoms with Gasteiger partial charge >= 0.3 is 0 Å². The molecule has 1 fully saturated rings. The predicted molar refractivity (Wildman–Crippen MR) is 110 cm³/mol. The average molecular weight is 425 g/mol. The zero-order chi connectivity index (χ0) is 21.4. The Morgan fingerprint density at radius 1 is 1.07 bits per heavy atom. The van der Waals surface area contributed by atoms with Gasteiger partial charge in [-0.25, -0.2) is 8.78 Å². The summed E-state index contributed by atoms with van der Waals surface area (Å²) in [6.45, 7) is 2.04. The smallest absolute Gasteiger partial charge is 0.295 e. The summed E-state index contributed by atoms with van der Waals surface area (Å²) in [6.07, 6.45) is 0. The highest BCUT2D eigenvalue weighted by Gasteiger charge is 2.46. The Bertz CT molecular complexity index is 1170. The molecule has 1 atom stereocenters. The van der Waals surface area contributed by atoms with Crippen molar-refractivity contribution in [1.29, 1.82) is 0 Å². The van der Waals surface area contributed by atoms with Crippen molar-refractivity contribution in [3.05, 3.63) is 98.8 Å². The molecule has 1 amide bonds. The van der Waals surface area contributed by atoms with Crippen LogP contribution in [0.3, 0.4) is 0 Å². The molecule has 0 aliphatic carbocycles. The first-order valence-electron chi connectivity index (χ1n) is 9.20. The first kappa shape index (κ1) is 20.0. The molecule has 0 spiro atoms. The van der Waals surface area contributed by atoms with Crippen molar-refractivity contribution in [2.75, 3.05) is 0 Å². The van der Waals surface area contributed by atoms with Crippen molar-refractivity contribution in [2.24, 2.45) is 0 Å². The van der Waals surface area contributed by atoms with Gasteiger partial charge in [0.25, 0.3) is 11.7 Å². The number of carbonyl (C=O) groups is 2. The molecule has 4 nitrogen and oxygen atoms in total. The third-order valence-electron chi connectivity index (χ3n) is 5.12. The molecule has 4 rings (SSSR count). The maximum atomic E-state index is 13.7. The van der Waals surface area contributed by atoms with Crippen molar-refractivity contribution in [3.63, 3.8) is 0 Å². The quantitative estimate of drug-likeness (QED) is 0.365. The third kappa shape index (κ3) is 3.41. The summed E-state index contributed by atoms with van der Waals surface area (Å²) in [5.41, 5.74) is 1.30. The first-order valence-corrected chi connectivity index (χ1v) is 10.1. The van der Waals surface area contributed by atoms with Gasteiger partial charge in [0.1, 0.15) is 5.76 Å². The van der Waals surface area contributed by atoms with Crippen LogP contribution in [-0.4, -0.2) is 21.7 Å². The lowest BCUT2D eigenvalue weighted by Gasteiger charge is -2.26. The lowest BCUT2D eigenvalue weighted by molar-refractivity contribution is -0.140. The lowest BCUT2D eigenvalue weighted by Crippen LogP contribution is -2.29. The molecule has 1 aliphatic heterocycles. The summed E-state index contributed by atoms with van der Waals surface area (Å²) >= 11 is 1.45. The molecule has 1 saturated heterocycles. The average Bonchev–Trinajstić information content (AvgIpc) is 3.32. The number of aliphatic hydroxyl groups is 1. The van der Waals surface area contributed by atoms with Crippen LogP contribution in [0.2, 0.25) is 0 Å². The molecule has 1 N–H and O–H groups in total. The van der Waals surface area contributed by atoms with E-state index in [9.17, 15) is 23.5 Å². The Kier molecular flexibility index (Phi) is 5.22. The van der Waals surface area contributed by atoms with Crippen molar-refractivity contribution >= 4 is 28.8 Å². The highest BCUT2D eigenvalue weighted by molar-refractivity contribution is 7.09. The minimum absolute atomic E-state index is 0.0680. The molecule has 1 aromatic heterocycles. The molecule has 152 valence electrons. The molecule has 0 saturated carbocycles. The van der Waals surface area contributed by atoms with Crippen LogP contribution in [-0.2, 0) is 16.1 Å². The number of benzene rings is 2. The van der Waals surface area contributed by atoms with E-state index >= 15 is 0 Å². The summed E-state index contributed by atoms with van der Waals surface area (Å²) in [5, 5.41) is 12.8. The van der Waals surface area contributed by atoms with Crippen molar-refractivity contribution in [3.8, 4) is 0 Å². The van der Waals surface area contributed by atoms with Crippen LogP contribution in [0.15, 0.2) is 65.6 Å². The number of halogens is 2. The molecule has 0 radical (unpaired) electrons. The maximum absolute atomic E-state index is 13.7. The Morgan fingerprint density at radius 2 is 1.83 bits per heavy atom. The molecule has 2 heterocycles. The first-order chi connectivity index (χ1) is 14.4. The van der Waals surface area contributed by atoms with E-state index in [4.69, 9.17) is 0 Å². The third-order valence-corrected chi connectivity index (χ3v) is 5.98. The van der Waals surface area contributed by atoms with Crippen LogP contribution < -0.4 is 0 Å². The Morgan fingerprint density at radius 3 is 2.50 bits per heavy atom. The summed E-state index contributed by atoms with van der Waals surface area (Å²) in [7, 11) is 0. The monoisotopic (exact) mass is 425 g/mol. The van der Waals surface area contributed by atoms with Gasteiger partial charge in [-0.2, -0.15) is 0 Å². The van der Waals surface area contributed by atoms with E-state index in [2.05, 4.69) is 0 Å². The normalized spacial score (nSPS) is 18.2. The van der Waals surface area contributed by atoms with Gasteiger partial charge in [-0.05, 0) is 47.7 Å². The number of rotatable bonds is 4. The standard InChI is InChI=1S/C23H17F2NO3S/c1-13-5-2-3-7-16(13)20-19(21(27)14-8-9-17(24)18(25)11-14)22(28)23(29)26(20)12-15-6-4-10-30-15/h2-11,20,27H,12H2,1H3/b21-19+. The zero-order valence-corrected chi connectivity index (χ0v) is 16.7. The number of hydrogen-bond donors (Lipinski definition) is 1. The molecule has 1 unspecified atom stereocenters. The topological polar surface area (TPSA) is 57.6 Å². The highest BCUT2D eigenvalue weighted by Crippen LogP contribution is 2.41. The second-order valence-corrected chi connectivity index (χ2v) is 8.02. The van der Waals surface area contributed by atoms with Gasteiger partial charge in [0.05, 0.1) is 18.2 Å². The maximum Gasteiger partial charge on any atom is 0.295 e. The second kappa shape index (κ2) is 7.84. The molecule has 1 aliphatic rings. The van der Waals surface area contributed by atoms with Crippen LogP contribution >= 0.6 is 11.3 Å². The molecule has 3 aromatic rings. The summed E-state index contributed by atoms with van der Waals surface area (Å²) in [5.74, 6) is -4.36. The molecule has 7 heteroatoms. The van der Waals surface area contributed by atoms with Crippen LogP contribution in [0.25, 0.3) is 5.76 Å². The minimum atomic E-state index is -1.15. The summed E-state index contributed by atoms with van der Waals surface area (Å²) in [4.78, 5) is 28.1. The van der Waals surface area contributed by atoms with Gasteiger partial charge in [-0.15, -0.1) is 11.3 Å². The molecule has 0 bridgehead atoms. The largest absolute Gasteiger partial charge is 0.507 e. The van der Waals surface area contributed by atoms with E-state index in [1.807, 2.05) is 36.6 Å². The predicted octanol–water partition coefficient (Wildman–Crippen LogP) is 4.96. The number of Topliss-reactive ketones (excluding diaryl/α,β-unsaturated/α-hetero) is 1. The Labute approximate surface area is 175 Å². The van der Waals surface area contributed by atoms with Crippen LogP contribution in [0.5, 0.6) is 0 Å². The van der Waals surface area contributed by atoms with Crippen LogP contribution in [0.1, 0.15) is 27.6 Å². The zero-order valence-electron chi connectivity index (χ0n) is 15.9. The van der Waals surface area contributed by atoms with E-state index in [0.29, 0.717) is 5.56 Å². The second-order valence-electron chi connectivity index (χ2n) is 6.99. The number of aliphatic hydroxyl groups excluding tert-OH is 1. The highest BCUT2D eigenvalue weighted by atomic mass is 32.1. The number of likely N-dealkylation sites (tertiary alicyclic amines) is 1. The van der Waals surface area contributed by atoms with Crippen molar-refractivity contribution in [1.82, 2.24) is 4.90 Å². The van der Waals surface area contributed by atoms with Crippen LogP contribution in [0, 0.1) is 18.6 Å². The van der Waals surface area contributed by atoms with E-state index in [1.165, 1.54) is 22.3 Å². The van der Waals surface area contributed by atoms with Gasteiger partial charge < -0.3 is 10.0 Å². The number of aryl methyl sites for hydroxylation is 1. The van der Waals surface area contributed by atoms with Crippen LogP contribution in [0.4, 0.5) is 8.78 Å². The molecular weight excluding hydrogens is 408 g/mol. The van der Waals surface area contributed by atoms with Gasteiger partial charge in [0.15, 0.2) is 11.6 Å². The number of nitrogens with zero attached hydrogens (tertiary/aromatic N) is 1. The van der Waals surface area contributed by atoms with Crippen molar-refractivity contribution < 1.29 is 23.5 Å². The number of carbonyl (C=O) groups excluding carboxylic acids is 2. The van der Waals surface area contributed by atoms with E-state index in [1.54, 1.807) is 12.1 Å².